The van der Waals surface area contributed by atoms with E-state index < -0.39 is 0 Å². The maximum atomic E-state index is 4.60. The van der Waals surface area contributed by atoms with E-state index in [0.717, 1.165) is 11.3 Å². The predicted molar refractivity (Wildman–Crippen MR) is 63.4 cm³/mol. The Kier molecular flexibility index (Phi) is 2.10. The Labute approximate surface area is 91.0 Å². The summed E-state index contributed by atoms with van der Waals surface area (Å²) < 4.78 is 2.26. The lowest BCUT2D eigenvalue weighted by Crippen LogP contribution is -2.16. The summed E-state index contributed by atoms with van der Waals surface area (Å²) in [5, 5.41) is 0. The van der Waals surface area contributed by atoms with E-state index in [-0.39, 0.29) is 5.41 Å². The van der Waals surface area contributed by atoms with Crippen molar-refractivity contribution >= 4 is 5.65 Å². The first kappa shape index (κ1) is 10.2. The minimum Gasteiger partial charge on any atom is -0.301 e. The Balaban J connectivity index is 2.89. The van der Waals surface area contributed by atoms with E-state index in [1.165, 1.54) is 11.4 Å². The lowest BCUT2D eigenvalue weighted by Gasteiger charge is -2.20. The molecule has 2 heteroatoms. The van der Waals surface area contributed by atoms with E-state index >= 15 is 0 Å². The third-order valence-electron chi connectivity index (χ3n) is 2.72. The largest absolute Gasteiger partial charge is 0.301 e. The van der Waals surface area contributed by atoms with Gasteiger partial charge in [-0.3, -0.25) is 0 Å². The van der Waals surface area contributed by atoms with Gasteiger partial charge in [0.25, 0.3) is 0 Å². The number of fused-ring (bicyclic) bond motifs is 1. The number of nitrogens with zero attached hydrogens (tertiary/aromatic N) is 2. The van der Waals surface area contributed by atoms with Crippen LogP contribution in [0.5, 0.6) is 0 Å². The second-order valence-corrected chi connectivity index (χ2v) is 5.16. The first-order valence-electron chi connectivity index (χ1n) is 5.36. The van der Waals surface area contributed by atoms with Gasteiger partial charge in [0.05, 0.1) is 11.4 Å². The van der Waals surface area contributed by atoms with Crippen molar-refractivity contribution in [3.05, 3.63) is 35.3 Å². The zero-order chi connectivity index (χ0) is 11.2. The molecule has 2 nitrogen and oxygen atoms in total. The molecule has 2 heterocycles. The summed E-state index contributed by atoms with van der Waals surface area (Å²) >= 11 is 0. The van der Waals surface area contributed by atoms with E-state index in [0.29, 0.717) is 0 Å². The van der Waals surface area contributed by atoms with Crippen molar-refractivity contribution in [3.8, 4) is 0 Å². The van der Waals surface area contributed by atoms with Gasteiger partial charge in [-0.15, -0.1) is 0 Å². The quantitative estimate of drug-likeness (QED) is 0.641. The van der Waals surface area contributed by atoms with Crippen LogP contribution in [0.4, 0.5) is 0 Å². The molecule has 2 aromatic heterocycles. The number of hydrogen-bond donors (Lipinski definition) is 0. The normalized spacial score (nSPS) is 12.3. The Morgan fingerprint density at radius 3 is 2.40 bits per heavy atom. The van der Waals surface area contributed by atoms with Gasteiger partial charge in [0.1, 0.15) is 5.65 Å². The maximum Gasteiger partial charge on any atom is 0.137 e. The van der Waals surface area contributed by atoms with Gasteiger partial charge in [-0.05, 0) is 26.0 Å². The summed E-state index contributed by atoms with van der Waals surface area (Å²) in [6.45, 7) is 10.9. The Morgan fingerprint density at radius 1 is 1.13 bits per heavy atom. The molecule has 0 aliphatic carbocycles. The van der Waals surface area contributed by atoms with E-state index in [1.54, 1.807) is 0 Å². The fourth-order valence-electron chi connectivity index (χ4n) is 2.25. The second-order valence-electron chi connectivity index (χ2n) is 5.16. The van der Waals surface area contributed by atoms with E-state index in [2.05, 4.69) is 62.2 Å². The van der Waals surface area contributed by atoms with Crippen LogP contribution in [-0.4, -0.2) is 9.38 Å². The van der Waals surface area contributed by atoms with Gasteiger partial charge in [0, 0.05) is 11.1 Å². The highest BCUT2D eigenvalue weighted by Crippen LogP contribution is 2.27. The van der Waals surface area contributed by atoms with Crippen LogP contribution in [0, 0.1) is 13.8 Å². The molecule has 0 bridgehead atoms. The topological polar surface area (TPSA) is 17.3 Å². The zero-order valence-corrected chi connectivity index (χ0v) is 10.1. The molecule has 0 spiro atoms. The van der Waals surface area contributed by atoms with Crippen molar-refractivity contribution in [3.63, 3.8) is 0 Å². The van der Waals surface area contributed by atoms with Gasteiger partial charge in [-0.1, -0.05) is 26.8 Å². The molecular formula is C13H18N2. The van der Waals surface area contributed by atoms with Crippen LogP contribution in [0.2, 0.25) is 0 Å². The van der Waals surface area contributed by atoms with Crippen molar-refractivity contribution in [1.82, 2.24) is 9.38 Å². The second kappa shape index (κ2) is 3.09. The van der Waals surface area contributed by atoms with E-state index in [1.807, 2.05) is 0 Å². The van der Waals surface area contributed by atoms with Crippen molar-refractivity contribution in [2.75, 3.05) is 0 Å². The van der Waals surface area contributed by atoms with Gasteiger partial charge in [-0.25, -0.2) is 4.98 Å². The molecule has 0 fully saturated rings. The molecule has 0 aliphatic heterocycles. The summed E-state index contributed by atoms with van der Waals surface area (Å²) in [7, 11) is 0. The highest BCUT2D eigenvalue weighted by molar-refractivity contribution is 5.46. The summed E-state index contributed by atoms with van der Waals surface area (Å²) in [6, 6.07) is 6.25. The first-order valence-corrected chi connectivity index (χ1v) is 5.36. The van der Waals surface area contributed by atoms with Crippen molar-refractivity contribution in [1.29, 1.82) is 0 Å². The highest BCUT2D eigenvalue weighted by atomic mass is 15.0. The van der Waals surface area contributed by atoms with Crippen molar-refractivity contribution < 1.29 is 0 Å². The van der Waals surface area contributed by atoms with Gasteiger partial charge < -0.3 is 4.40 Å². The van der Waals surface area contributed by atoms with Crippen molar-refractivity contribution in [2.45, 2.75) is 40.0 Å². The highest BCUT2D eigenvalue weighted by Gasteiger charge is 2.22. The van der Waals surface area contributed by atoms with Gasteiger partial charge >= 0.3 is 0 Å². The summed E-state index contributed by atoms with van der Waals surface area (Å²) in [5.74, 6) is 0. The minimum absolute atomic E-state index is 0.135. The number of aromatic nitrogens is 2. The molecule has 0 aliphatic rings. The zero-order valence-electron chi connectivity index (χ0n) is 10.1. The van der Waals surface area contributed by atoms with Crippen LogP contribution in [0.1, 0.15) is 37.9 Å². The van der Waals surface area contributed by atoms with E-state index in [4.69, 9.17) is 0 Å². The summed E-state index contributed by atoms with van der Waals surface area (Å²) in [4.78, 5) is 4.60. The monoisotopic (exact) mass is 202 g/mol. The predicted octanol–water partition coefficient (Wildman–Crippen LogP) is 3.25. The van der Waals surface area contributed by atoms with Gasteiger partial charge in [0.15, 0.2) is 0 Å². The maximum absolute atomic E-state index is 4.60. The van der Waals surface area contributed by atoms with E-state index in [9.17, 15) is 0 Å². The van der Waals surface area contributed by atoms with Crippen LogP contribution < -0.4 is 0 Å². The SMILES string of the molecule is Cc1nc2cccc(C)n2c1C(C)(C)C. The Bertz CT molecular complexity index is 501. The van der Waals surface area contributed by atoms with Gasteiger partial charge in [0.2, 0.25) is 0 Å². The average molecular weight is 202 g/mol. The standard InChI is InChI=1S/C13H18N2/c1-9-7-6-8-11-14-10(2)12(15(9)11)13(3,4)5/h6-8H,1-5H3. The van der Waals surface area contributed by atoms with Gasteiger partial charge in [-0.2, -0.15) is 0 Å². The number of hydrogen-bond acceptors (Lipinski definition) is 1. The fraction of sp³-hybridized carbons (Fsp3) is 0.462. The molecule has 0 aromatic carbocycles. The fourth-order valence-corrected chi connectivity index (χ4v) is 2.25. The third-order valence-corrected chi connectivity index (χ3v) is 2.72. The third kappa shape index (κ3) is 1.54. The Morgan fingerprint density at radius 2 is 1.80 bits per heavy atom. The molecular weight excluding hydrogens is 184 g/mol. The molecule has 0 N–H and O–H groups in total. The van der Waals surface area contributed by atoms with Crippen LogP contribution in [-0.2, 0) is 5.41 Å². The van der Waals surface area contributed by atoms with Crippen LogP contribution in [0.25, 0.3) is 5.65 Å². The smallest absolute Gasteiger partial charge is 0.137 e. The molecule has 15 heavy (non-hydrogen) atoms. The molecule has 0 saturated carbocycles. The lowest BCUT2D eigenvalue weighted by atomic mass is 9.90. The lowest BCUT2D eigenvalue weighted by molar-refractivity contribution is 0.557. The molecule has 0 radical (unpaired) electrons. The molecule has 2 aromatic rings. The van der Waals surface area contributed by atoms with Crippen LogP contribution in [0.15, 0.2) is 18.2 Å². The van der Waals surface area contributed by atoms with Crippen LogP contribution in [0.3, 0.4) is 0 Å². The first-order chi connectivity index (χ1) is 6.91. The minimum atomic E-state index is 0.135. The average Bonchev–Trinajstić information content (AvgIpc) is 2.41. The molecule has 0 saturated heterocycles. The molecule has 2 rings (SSSR count). The molecule has 0 atom stereocenters. The number of imidazole rings is 1. The summed E-state index contributed by atoms with van der Waals surface area (Å²) in [5.41, 5.74) is 4.89. The van der Waals surface area contributed by atoms with Crippen LogP contribution >= 0.6 is 0 Å². The molecule has 0 amide bonds. The summed E-state index contributed by atoms with van der Waals surface area (Å²) in [6.07, 6.45) is 0. The number of aryl methyl sites for hydroxylation is 2. The number of rotatable bonds is 0. The number of pyridine rings is 1. The molecule has 80 valence electrons. The Hall–Kier alpha value is -1.31. The molecule has 0 unspecified atom stereocenters. The van der Waals surface area contributed by atoms with Crippen molar-refractivity contribution in [2.24, 2.45) is 0 Å².